The molecular formula is C44H42N3O12P3. The number of hydrogen-bond acceptors (Lipinski definition) is 15. The molecule has 15 nitrogen and oxygen atoms in total. The van der Waals surface area contributed by atoms with Gasteiger partial charge in [-0.1, -0.05) is 80.1 Å². The molecule has 1 atom stereocenters. The van der Waals surface area contributed by atoms with Crippen LogP contribution in [0.2, 0.25) is 0 Å². The average Bonchev–Trinajstić information content (AvgIpc) is 3.29. The Bertz CT molecular complexity index is 2430. The van der Waals surface area contributed by atoms with E-state index in [1.165, 1.54) is 0 Å². The maximum Gasteiger partial charge on any atom is 0.460 e. The summed E-state index contributed by atoms with van der Waals surface area (Å²) < 4.78 is 61.9. The standard InChI is InChI=1S/C44H42N3O12P3/c1-2-27-53-38-23-25-44(26-24-38)59-62(58-43-21-11-37(32-52)12-22-43)46-60(54-39-13-3-33(28-48)4-14-39,55-40-15-5-34(29-49)6-16-40)45-61(47-62,56-41-17-7-35(30-50)8-18-41)57-42-19-9-36(31-51)10-20-42/h1,3-26,48-52H,27-32H2. The molecule has 1 heterocycles. The molecule has 6 aromatic rings. The van der Waals surface area contributed by atoms with Crippen LogP contribution < -0.4 is 31.9 Å². The van der Waals surface area contributed by atoms with Crippen LogP contribution in [-0.2, 0) is 33.0 Å². The smallest absolute Gasteiger partial charge is 0.460 e. The van der Waals surface area contributed by atoms with Gasteiger partial charge in [0.05, 0.1) is 33.0 Å². The molecule has 6 aromatic carbocycles. The van der Waals surface area contributed by atoms with Crippen LogP contribution in [0, 0.1) is 12.3 Å². The van der Waals surface area contributed by atoms with Crippen molar-refractivity contribution in [3.05, 3.63) is 173 Å². The van der Waals surface area contributed by atoms with Crippen molar-refractivity contribution in [3.8, 4) is 52.6 Å². The van der Waals surface area contributed by atoms with Crippen LogP contribution in [0.1, 0.15) is 27.8 Å². The maximum atomic E-state index is 9.86. The lowest BCUT2D eigenvalue weighted by atomic mass is 10.2. The molecule has 5 N–H and O–H groups in total. The van der Waals surface area contributed by atoms with Gasteiger partial charge in [-0.15, -0.1) is 6.42 Å². The third-order valence-electron chi connectivity index (χ3n) is 8.70. The van der Waals surface area contributed by atoms with Gasteiger partial charge in [0.1, 0.15) is 46.9 Å². The van der Waals surface area contributed by atoms with E-state index >= 15 is 0 Å². The van der Waals surface area contributed by atoms with E-state index in [1.54, 1.807) is 146 Å². The van der Waals surface area contributed by atoms with Gasteiger partial charge in [0.15, 0.2) is 0 Å². The molecule has 0 fully saturated rings. The molecule has 1 aliphatic heterocycles. The Balaban J connectivity index is 1.54. The zero-order valence-corrected chi connectivity index (χ0v) is 35.6. The molecule has 7 rings (SSSR count). The second-order valence-corrected chi connectivity index (χ2v) is 19.4. The van der Waals surface area contributed by atoms with E-state index in [-0.39, 0.29) is 74.1 Å². The van der Waals surface area contributed by atoms with Crippen LogP contribution in [0.3, 0.4) is 0 Å². The summed E-state index contributed by atoms with van der Waals surface area (Å²) in [7, 11) is -12.8. The van der Waals surface area contributed by atoms with Crippen molar-refractivity contribution in [1.29, 1.82) is 0 Å². The highest BCUT2D eigenvalue weighted by Gasteiger charge is 2.49. The van der Waals surface area contributed by atoms with Gasteiger partial charge in [0.2, 0.25) is 0 Å². The minimum absolute atomic E-state index is 0.0384. The third-order valence-corrected chi connectivity index (χ3v) is 16.8. The lowest BCUT2D eigenvalue weighted by Gasteiger charge is -2.33. The molecule has 0 saturated carbocycles. The fourth-order valence-corrected chi connectivity index (χ4v) is 14.6. The average molecular weight is 898 g/mol. The third kappa shape index (κ3) is 11.3. The molecule has 0 amide bonds. The molecule has 1 aliphatic rings. The first-order valence-corrected chi connectivity index (χ1v) is 23.5. The molecule has 0 aliphatic carbocycles. The van der Waals surface area contributed by atoms with Crippen molar-refractivity contribution < 1.29 is 57.4 Å². The van der Waals surface area contributed by atoms with Crippen molar-refractivity contribution in [2.24, 2.45) is 13.5 Å². The predicted octanol–water partition coefficient (Wildman–Crippen LogP) is 9.79. The molecule has 62 heavy (non-hydrogen) atoms. The lowest BCUT2D eigenvalue weighted by Crippen LogP contribution is -2.11. The van der Waals surface area contributed by atoms with Gasteiger partial charge in [-0.2, -0.15) is 0 Å². The van der Waals surface area contributed by atoms with Gasteiger partial charge in [-0.05, 0) is 113 Å². The highest BCUT2D eigenvalue weighted by molar-refractivity contribution is 7.79. The quantitative estimate of drug-likeness (QED) is 0.0381. The van der Waals surface area contributed by atoms with Gasteiger partial charge < -0.3 is 57.4 Å². The summed E-state index contributed by atoms with van der Waals surface area (Å²) in [5, 5.41) is 49.3. The normalized spacial score (nSPS) is 15.9. The lowest BCUT2D eigenvalue weighted by molar-refractivity contribution is 0.281. The summed E-state index contributed by atoms with van der Waals surface area (Å²) in [5.74, 6) is 4.29. The van der Waals surface area contributed by atoms with E-state index < -0.39 is 23.0 Å². The SMILES string of the molecule is C#CCOc1ccc(OP2(Oc3ccc(CO)cc3)=NP(Oc3ccc(CO)cc3)(Oc3ccc(CO)cc3)=NP(Oc3ccc(CO)cc3)(Oc3ccc(CO)cc3)=N2)cc1. The second kappa shape index (κ2) is 20.2. The van der Waals surface area contributed by atoms with Crippen molar-refractivity contribution in [2.45, 2.75) is 33.0 Å². The van der Waals surface area contributed by atoms with Crippen LogP contribution in [0.5, 0.6) is 40.2 Å². The number of terminal acetylenes is 1. The van der Waals surface area contributed by atoms with Crippen LogP contribution in [0.15, 0.2) is 159 Å². The molecule has 320 valence electrons. The van der Waals surface area contributed by atoms with E-state index in [9.17, 15) is 25.5 Å². The number of aliphatic hydroxyl groups excluding tert-OH is 5. The summed E-state index contributed by atoms with van der Waals surface area (Å²) in [6.07, 6.45) is 5.42. The first kappa shape index (κ1) is 44.0. The maximum absolute atomic E-state index is 9.86. The van der Waals surface area contributed by atoms with Gasteiger partial charge >= 0.3 is 23.0 Å². The van der Waals surface area contributed by atoms with Crippen molar-refractivity contribution in [3.63, 3.8) is 0 Å². The highest BCUT2D eigenvalue weighted by atomic mass is 31.3. The Hall–Kier alpha value is -6.03. The van der Waals surface area contributed by atoms with E-state index in [2.05, 4.69) is 5.92 Å². The van der Waals surface area contributed by atoms with Gasteiger partial charge in [-0.25, -0.2) is 0 Å². The Morgan fingerprint density at radius 1 is 0.339 bits per heavy atom. The molecular weight excluding hydrogens is 855 g/mol. The van der Waals surface area contributed by atoms with Crippen molar-refractivity contribution >= 4 is 23.0 Å². The van der Waals surface area contributed by atoms with Crippen LogP contribution in [-0.4, -0.2) is 32.1 Å². The summed E-state index contributed by atoms with van der Waals surface area (Å²) in [4.78, 5) is 0. The topological polar surface area (TPSA) is 203 Å². The van der Waals surface area contributed by atoms with Crippen molar-refractivity contribution in [2.75, 3.05) is 6.61 Å². The zero-order valence-electron chi connectivity index (χ0n) is 33.0. The first-order chi connectivity index (χ1) is 30.2. The zero-order chi connectivity index (χ0) is 43.4. The summed E-state index contributed by atoms with van der Waals surface area (Å²) >= 11 is 0. The van der Waals surface area contributed by atoms with E-state index in [4.69, 9.17) is 51.8 Å². The second-order valence-electron chi connectivity index (χ2n) is 13.3. The molecule has 0 radical (unpaired) electrons. The number of hydrogen-bond donors (Lipinski definition) is 5. The molecule has 0 spiro atoms. The van der Waals surface area contributed by atoms with Crippen LogP contribution in [0.4, 0.5) is 0 Å². The van der Waals surface area contributed by atoms with E-state index in [0.717, 1.165) is 0 Å². The Morgan fingerprint density at radius 2 is 0.532 bits per heavy atom. The predicted molar refractivity (Wildman–Crippen MR) is 234 cm³/mol. The van der Waals surface area contributed by atoms with Gasteiger partial charge in [-0.3, -0.25) is 0 Å². The number of rotatable bonds is 19. The number of nitrogens with zero attached hydrogens (tertiary/aromatic N) is 3. The first-order valence-electron chi connectivity index (χ1n) is 18.9. The summed E-state index contributed by atoms with van der Waals surface area (Å²) in [6, 6.07) is 39.4. The summed E-state index contributed by atoms with van der Waals surface area (Å²) in [6.45, 7) is -1.07. The minimum Gasteiger partial charge on any atom is -0.481 e. The molecule has 1 unspecified atom stereocenters. The molecule has 0 saturated heterocycles. The Morgan fingerprint density at radius 3 is 0.726 bits per heavy atom. The molecule has 18 heteroatoms. The molecule has 0 bridgehead atoms. The van der Waals surface area contributed by atoms with Gasteiger partial charge in [0.25, 0.3) is 0 Å². The summed E-state index contributed by atoms with van der Waals surface area (Å²) in [5.41, 5.74) is 3.05. The highest BCUT2D eigenvalue weighted by Crippen LogP contribution is 2.78. The molecule has 0 aromatic heterocycles. The van der Waals surface area contributed by atoms with Crippen LogP contribution >= 0.6 is 23.0 Å². The fourth-order valence-electron chi connectivity index (χ4n) is 5.58. The van der Waals surface area contributed by atoms with E-state index in [1.807, 2.05) is 0 Å². The minimum atomic E-state index is -4.29. The van der Waals surface area contributed by atoms with Crippen molar-refractivity contribution in [1.82, 2.24) is 0 Å². The van der Waals surface area contributed by atoms with Gasteiger partial charge in [0, 0.05) is 0 Å². The Kier molecular flexibility index (Phi) is 14.4. The fraction of sp³-hybridized carbons (Fsp3) is 0.136. The number of ether oxygens (including phenoxy) is 1. The Labute approximate surface area is 358 Å². The van der Waals surface area contributed by atoms with Crippen LogP contribution in [0.25, 0.3) is 0 Å². The monoisotopic (exact) mass is 897 g/mol. The number of aliphatic hydroxyl groups is 5. The largest absolute Gasteiger partial charge is 0.481 e. The number of benzene rings is 6. The van der Waals surface area contributed by atoms with E-state index in [0.29, 0.717) is 33.6 Å².